The van der Waals surface area contributed by atoms with Gasteiger partial charge in [0.1, 0.15) is 60.8 Å². The maximum absolute atomic E-state index is 12.9. The molecule has 0 saturated carbocycles. The third-order valence-corrected chi connectivity index (χ3v) is 17.3. The lowest BCUT2D eigenvalue weighted by Gasteiger charge is -2.29. The van der Waals surface area contributed by atoms with Gasteiger partial charge in [-0.25, -0.2) is 49.1 Å². The molecule has 3 aromatic heterocycles. The van der Waals surface area contributed by atoms with Gasteiger partial charge >= 0.3 is 24.0 Å². The Balaban J connectivity index is 0.000000136. The van der Waals surface area contributed by atoms with Gasteiger partial charge in [0.25, 0.3) is 5.91 Å². The number of carbonyl (C=O) groups is 7. The number of anilines is 8. The van der Waals surface area contributed by atoms with Crippen molar-refractivity contribution < 1.29 is 76.2 Å². The Kier molecular flexibility index (Phi) is 24.6. The van der Waals surface area contributed by atoms with Gasteiger partial charge in [-0.1, -0.05) is 0 Å². The van der Waals surface area contributed by atoms with E-state index in [1.165, 1.54) is 21.3 Å². The minimum Gasteiger partial charge on any atom is -0.490 e. The van der Waals surface area contributed by atoms with Crippen LogP contribution in [0, 0.1) is 23.3 Å². The van der Waals surface area contributed by atoms with E-state index in [1.54, 1.807) is 114 Å². The Morgan fingerprint density at radius 1 is 0.500 bits per heavy atom. The number of nitriles is 1. The Labute approximate surface area is 611 Å². The van der Waals surface area contributed by atoms with Crippen molar-refractivity contribution in [3.8, 4) is 34.9 Å². The van der Waals surface area contributed by atoms with Crippen LogP contribution in [0.1, 0.15) is 98.2 Å². The summed E-state index contributed by atoms with van der Waals surface area (Å²) < 4.78 is 47.1. The fourth-order valence-electron chi connectivity index (χ4n) is 12.2. The van der Waals surface area contributed by atoms with Crippen molar-refractivity contribution in [2.75, 3.05) is 132 Å². The van der Waals surface area contributed by atoms with Crippen molar-refractivity contribution in [2.24, 2.45) is 11.8 Å². The fraction of sp³-hybridized carbons (Fsp3) is 0.342. The summed E-state index contributed by atoms with van der Waals surface area (Å²) in [5.74, 6) is 4.16. The van der Waals surface area contributed by atoms with Crippen LogP contribution in [0.4, 0.5) is 51.1 Å². The molecular formula is C76H80N14O16. The van der Waals surface area contributed by atoms with Crippen LogP contribution >= 0.6 is 0 Å². The molecule has 10 heterocycles. The number of hydrogen-bond donors (Lipinski definition) is 2. The van der Waals surface area contributed by atoms with E-state index in [1.807, 2.05) is 77.9 Å². The van der Waals surface area contributed by atoms with Gasteiger partial charge in [0.15, 0.2) is 24.4 Å². The normalized spacial score (nSPS) is 16.2. The molecule has 2 N–H and O–H groups in total. The Morgan fingerprint density at radius 2 is 0.896 bits per heavy atom. The summed E-state index contributed by atoms with van der Waals surface area (Å²) in [6, 6.07) is 31.5. The number of ether oxygens (including phenoxy) is 9. The van der Waals surface area contributed by atoms with Crippen LogP contribution < -0.4 is 49.0 Å². The molecule has 0 radical (unpaired) electrons. The predicted octanol–water partition coefficient (Wildman–Crippen LogP) is 10.1. The number of amides is 2. The molecule has 0 unspecified atom stereocenters. The molecule has 5 aromatic carbocycles. The topological polar surface area (TPSA) is 344 Å². The van der Waals surface area contributed by atoms with Gasteiger partial charge in [-0.15, -0.1) is 0 Å². The van der Waals surface area contributed by atoms with Crippen LogP contribution in [-0.2, 0) is 23.7 Å². The summed E-state index contributed by atoms with van der Waals surface area (Å²) in [6.07, 6.45) is 14.6. The van der Waals surface area contributed by atoms with E-state index >= 15 is 0 Å². The number of esters is 3. The van der Waals surface area contributed by atoms with Gasteiger partial charge in [-0.05, 0) is 155 Å². The van der Waals surface area contributed by atoms with E-state index in [2.05, 4.69) is 56.2 Å². The smallest absolute Gasteiger partial charge is 0.410 e. The average molecular weight is 1450 g/mol. The first kappa shape index (κ1) is 74.5. The number of likely N-dealkylation sites (tertiary alicyclic amines) is 2. The molecule has 30 nitrogen and oxygen atoms in total. The van der Waals surface area contributed by atoms with Crippen LogP contribution in [0.25, 0.3) is 0 Å². The molecule has 0 spiro atoms. The molecule has 2 saturated heterocycles. The quantitative estimate of drug-likeness (QED) is 0.0497. The highest BCUT2D eigenvalue weighted by Gasteiger charge is 2.33. The first-order valence-corrected chi connectivity index (χ1v) is 34.3. The predicted molar refractivity (Wildman–Crippen MR) is 387 cm³/mol. The van der Waals surface area contributed by atoms with Crippen molar-refractivity contribution in [3.05, 3.63) is 174 Å². The third-order valence-electron chi connectivity index (χ3n) is 17.3. The minimum absolute atomic E-state index is 0.0301. The highest BCUT2D eigenvalue weighted by atomic mass is 16.6. The van der Waals surface area contributed by atoms with Gasteiger partial charge in [-0.3, -0.25) is 14.4 Å². The lowest BCUT2D eigenvalue weighted by molar-refractivity contribution is -0.118. The van der Waals surface area contributed by atoms with Gasteiger partial charge < -0.3 is 77.8 Å². The SMILES string of the molecule is CC(C)(C)OC(=O)N1CC[C@@H](CC(=O)c2ccc3c(c2)OCCN3c2ncccn2)C1.COC(=O)c1ccc2c(c1)OCC(=O)N2.COC(=O)c1ccc2c(c1)OCCN2.COC(=O)c1ccc2c(c1)OCCN2c1ncccn1.N#CN1CC[C@@H](CC(=O)c2ccc3c(c2)OCCN3c2ncccn2)C1. The third kappa shape index (κ3) is 19.1. The summed E-state index contributed by atoms with van der Waals surface area (Å²) in [5.41, 5.74) is 6.16. The van der Waals surface area contributed by atoms with Gasteiger partial charge in [0.2, 0.25) is 17.8 Å². The summed E-state index contributed by atoms with van der Waals surface area (Å²) in [5, 5.41) is 14.7. The summed E-state index contributed by atoms with van der Waals surface area (Å²) in [6.45, 7) is 13.0. The number of nitrogens with zero attached hydrogens (tertiary/aromatic N) is 12. The molecule has 106 heavy (non-hydrogen) atoms. The Bertz CT molecular complexity index is 4510. The number of ketones is 2. The van der Waals surface area contributed by atoms with Crippen LogP contribution in [0.3, 0.4) is 0 Å². The number of aromatic nitrogens is 6. The van der Waals surface area contributed by atoms with Crippen molar-refractivity contribution in [1.29, 1.82) is 5.26 Å². The van der Waals surface area contributed by atoms with E-state index in [0.717, 1.165) is 48.7 Å². The maximum Gasteiger partial charge on any atom is 0.410 e. The molecule has 8 aromatic rings. The summed E-state index contributed by atoms with van der Waals surface area (Å²) in [7, 11) is 4.03. The number of rotatable bonds is 12. The van der Waals surface area contributed by atoms with Crippen LogP contribution in [0.5, 0.6) is 28.7 Å². The van der Waals surface area contributed by atoms with Crippen molar-refractivity contribution in [3.63, 3.8) is 0 Å². The highest BCUT2D eigenvalue weighted by molar-refractivity contribution is 5.99. The molecule has 30 heteroatoms. The van der Waals surface area contributed by atoms with E-state index in [0.29, 0.717) is 159 Å². The second-order valence-corrected chi connectivity index (χ2v) is 25.7. The minimum atomic E-state index is -0.521. The Morgan fingerprint density at radius 3 is 1.34 bits per heavy atom. The average Bonchev–Trinajstić information content (AvgIpc) is 0.877. The number of methoxy groups -OCH3 is 3. The number of benzene rings is 5. The van der Waals surface area contributed by atoms with E-state index in [4.69, 9.17) is 38.4 Å². The number of carbonyl (C=O) groups excluding carboxylic acids is 7. The van der Waals surface area contributed by atoms with Crippen LogP contribution in [0.2, 0.25) is 0 Å². The molecule has 7 aliphatic heterocycles. The van der Waals surface area contributed by atoms with Gasteiger partial charge in [-0.2, -0.15) is 5.26 Å². The standard InChI is InChI=1S/C23H28N4O4.C19H19N5O2.C14H13N3O3.C10H9NO4.C10H11NO3/c1-23(2,3)31-22(29)26-10-7-16(15-26)13-19(28)17-5-6-18-20(14-17)30-12-11-27(18)21-24-8-4-9-25-21;20-13-23-7-4-14(12-23)10-17(25)15-2-3-16-18(11-15)26-9-8-24(16)19-21-5-1-6-22-19;1-19-13(18)10-3-4-11-12(9-10)20-8-7-17(11)14-15-5-2-6-16-14;1-14-10(13)6-2-3-7-8(4-6)15-5-9(12)11-7;1-13-10(12)7-2-3-8-9(6-7)14-5-4-11-8/h4-6,8-9,14,16H,7,10-13,15H2,1-3H3;1-3,5-6,11,14H,4,7-10,12H2;2-6,9H,7-8H2,1H3;2-4H,5H2,1H3,(H,11,12);2-3,6,11H,4-5H2,1H3/t16-;14-;;;/m00.../s1. The molecule has 0 aliphatic carbocycles. The second kappa shape index (κ2) is 35.0. The zero-order chi connectivity index (χ0) is 74.7. The van der Waals surface area contributed by atoms with Crippen molar-refractivity contribution in [1.82, 2.24) is 39.7 Å². The monoisotopic (exact) mass is 1440 g/mol. The highest BCUT2D eigenvalue weighted by Crippen LogP contribution is 2.40. The largest absolute Gasteiger partial charge is 0.490 e. The molecular weight excluding hydrogens is 1360 g/mol. The lowest BCUT2D eigenvalue weighted by atomic mass is 9.97. The van der Waals surface area contributed by atoms with Crippen LogP contribution in [0.15, 0.2) is 146 Å². The van der Waals surface area contributed by atoms with E-state index < -0.39 is 11.6 Å². The number of fused-ring (bicyclic) bond motifs is 5. The first-order chi connectivity index (χ1) is 51.3. The fourth-order valence-corrected chi connectivity index (χ4v) is 12.2. The summed E-state index contributed by atoms with van der Waals surface area (Å²) in [4.78, 5) is 118. The zero-order valence-electron chi connectivity index (χ0n) is 59.4. The Hall–Kier alpha value is -12.7. The van der Waals surface area contributed by atoms with Crippen molar-refractivity contribution in [2.45, 2.75) is 52.1 Å². The van der Waals surface area contributed by atoms with E-state index in [-0.39, 0.29) is 53.9 Å². The number of Topliss-reactive ketones (excluding diaryl/α,β-unsaturated/α-hetero) is 2. The molecule has 2 amide bonds. The maximum atomic E-state index is 12.9. The van der Waals surface area contributed by atoms with E-state index in [9.17, 15) is 33.6 Å². The molecule has 2 atom stereocenters. The zero-order valence-corrected chi connectivity index (χ0v) is 59.4. The molecule has 7 aliphatic rings. The molecule has 2 fully saturated rings. The van der Waals surface area contributed by atoms with Crippen LogP contribution in [-0.4, -0.2) is 194 Å². The lowest BCUT2D eigenvalue weighted by Crippen LogP contribution is -2.35. The molecule has 550 valence electrons. The van der Waals surface area contributed by atoms with Gasteiger partial charge in [0.05, 0.1) is 86.1 Å². The van der Waals surface area contributed by atoms with Gasteiger partial charge in [0, 0.05) is 93.9 Å². The summed E-state index contributed by atoms with van der Waals surface area (Å²) >= 11 is 0. The number of hydrogen-bond acceptors (Lipinski definition) is 28. The number of nitrogens with one attached hydrogen (secondary N) is 2. The first-order valence-electron chi connectivity index (χ1n) is 34.3. The molecule has 0 bridgehead atoms. The second-order valence-electron chi connectivity index (χ2n) is 25.7. The van der Waals surface area contributed by atoms with Crippen molar-refractivity contribution >= 4 is 87.8 Å². The molecule has 15 rings (SSSR count).